The van der Waals surface area contributed by atoms with Crippen molar-refractivity contribution in [1.82, 2.24) is 5.32 Å². The van der Waals surface area contributed by atoms with Crippen LogP contribution in [0.2, 0.25) is 0 Å². The lowest BCUT2D eigenvalue weighted by atomic mass is 10.1. The van der Waals surface area contributed by atoms with Gasteiger partial charge in [-0.1, -0.05) is 54.1 Å². The molecule has 2 N–H and O–H groups in total. The Morgan fingerprint density at radius 2 is 1.57 bits per heavy atom. The monoisotopic (exact) mass is 394 g/mol. The number of benzene rings is 3. The van der Waals surface area contributed by atoms with E-state index in [-0.39, 0.29) is 22.4 Å². The van der Waals surface area contributed by atoms with E-state index >= 15 is 0 Å². The highest BCUT2D eigenvalue weighted by Gasteiger charge is 2.17. The standard InChI is InChI=1S/C22H22N2O3S/c1-16-11-13-20(14-12-16)24-28(26,27)21-10-6-9-19(15-21)22(25)23-17(2)18-7-4-3-5-8-18/h3-15,17,24H,1-2H3,(H,23,25). The molecule has 0 heterocycles. The third-order valence-corrected chi connectivity index (χ3v) is 5.74. The van der Waals surface area contributed by atoms with E-state index in [9.17, 15) is 13.2 Å². The van der Waals surface area contributed by atoms with Crippen LogP contribution >= 0.6 is 0 Å². The Labute approximate surface area is 165 Å². The number of sulfonamides is 1. The van der Waals surface area contributed by atoms with Crippen LogP contribution in [0, 0.1) is 6.92 Å². The first-order chi connectivity index (χ1) is 13.3. The molecular weight excluding hydrogens is 372 g/mol. The molecule has 1 unspecified atom stereocenters. The summed E-state index contributed by atoms with van der Waals surface area (Å²) < 4.78 is 27.9. The van der Waals surface area contributed by atoms with Crippen LogP contribution in [0.5, 0.6) is 0 Å². The minimum atomic E-state index is -3.79. The van der Waals surface area contributed by atoms with Gasteiger partial charge in [0.15, 0.2) is 0 Å². The Kier molecular flexibility index (Phi) is 5.80. The Hall–Kier alpha value is -3.12. The number of carbonyl (C=O) groups excluding carboxylic acids is 1. The quantitative estimate of drug-likeness (QED) is 0.655. The van der Waals surface area contributed by atoms with E-state index in [1.807, 2.05) is 56.3 Å². The lowest BCUT2D eigenvalue weighted by Crippen LogP contribution is -2.26. The second kappa shape index (κ2) is 8.27. The molecule has 3 rings (SSSR count). The molecule has 6 heteroatoms. The van der Waals surface area contributed by atoms with Gasteiger partial charge in [-0.05, 0) is 49.7 Å². The van der Waals surface area contributed by atoms with E-state index < -0.39 is 10.0 Å². The molecule has 3 aromatic carbocycles. The summed E-state index contributed by atoms with van der Waals surface area (Å²) in [5.74, 6) is -0.330. The van der Waals surface area contributed by atoms with Gasteiger partial charge in [-0.2, -0.15) is 0 Å². The molecule has 1 atom stereocenters. The summed E-state index contributed by atoms with van der Waals surface area (Å²) in [6.07, 6.45) is 0. The predicted molar refractivity (Wildman–Crippen MR) is 111 cm³/mol. The maximum Gasteiger partial charge on any atom is 0.261 e. The zero-order chi connectivity index (χ0) is 20.1. The van der Waals surface area contributed by atoms with Crippen molar-refractivity contribution in [3.05, 3.63) is 95.6 Å². The summed E-state index contributed by atoms with van der Waals surface area (Å²) in [5, 5.41) is 2.89. The molecule has 0 aliphatic rings. The van der Waals surface area contributed by atoms with Crippen LogP contribution in [-0.2, 0) is 10.0 Å². The number of anilines is 1. The number of hydrogen-bond acceptors (Lipinski definition) is 3. The van der Waals surface area contributed by atoms with Crippen molar-refractivity contribution >= 4 is 21.6 Å². The average molecular weight is 394 g/mol. The zero-order valence-electron chi connectivity index (χ0n) is 15.7. The number of amides is 1. The highest BCUT2D eigenvalue weighted by Crippen LogP contribution is 2.19. The maximum atomic E-state index is 12.7. The van der Waals surface area contributed by atoms with Crippen molar-refractivity contribution in [2.45, 2.75) is 24.8 Å². The summed E-state index contributed by atoms with van der Waals surface area (Å²) in [7, 11) is -3.79. The topological polar surface area (TPSA) is 75.3 Å². The predicted octanol–water partition coefficient (Wildman–Crippen LogP) is 4.29. The van der Waals surface area contributed by atoms with Crippen LogP contribution in [0.4, 0.5) is 5.69 Å². The summed E-state index contributed by atoms with van der Waals surface area (Å²) in [6.45, 7) is 3.81. The highest BCUT2D eigenvalue weighted by atomic mass is 32.2. The summed E-state index contributed by atoms with van der Waals surface area (Å²) >= 11 is 0. The van der Waals surface area contributed by atoms with Crippen molar-refractivity contribution in [1.29, 1.82) is 0 Å². The summed E-state index contributed by atoms with van der Waals surface area (Å²) in [6, 6.07) is 22.4. The molecule has 0 saturated heterocycles. The fourth-order valence-electron chi connectivity index (χ4n) is 2.75. The van der Waals surface area contributed by atoms with Gasteiger partial charge in [0, 0.05) is 11.3 Å². The van der Waals surface area contributed by atoms with E-state index in [0.29, 0.717) is 5.69 Å². The van der Waals surface area contributed by atoms with Crippen LogP contribution in [0.25, 0.3) is 0 Å². The number of rotatable bonds is 6. The van der Waals surface area contributed by atoms with E-state index in [1.165, 1.54) is 12.1 Å². The lowest BCUT2D eigenvalue weighted by molar-refractivity contribution is 0.0939. The number of carbonyl (C=O) groups is 1. The zero-order valence-corrected chi connectivity index (χ0v) is 16.5. The summed E-state index contributed by atoms with van der Waals surface area (Å²) in [5.41, 5.74) is 2.77. The summed E-state index contributed by atoms with van der Waals surface area (Å²) in [4.78, 5) is 12.6. The van der Waals surface area contributed by atoms with Gasteiger partial charge in [0.05, 0.1) is 10.9 Å². The van der Waals surface area contributed by atoms with Crippen LogP contribution in [0.3, 0.4) is 0 Å². The van der Waals surface area contributed by atoms with Gasteiger partial charge in [0.25, 0.3) is 15.9 Å². The fraction of sp³-hybridized carbons (Fsp3) is 0.136. The van der Waals surface area contributed by atoms with Crippen molar-refractivity contribution in [3.63, 3.8) is 0 Å². The Bertz CT molecular complexity index is 1060. The second-order valence-electron chi connectivity index (χ2n) is 6.61. The second-order valence-corrected chi connectivity index (χ2v) is 8.29. The van der Waals surface area contributed by atoms with E-state index in [1.54, 1.807) is 24.3 Å². The number of aryl methyl sites for hydroxylation is 1. The number of hydrogen-bond donors (Lipinski definition) is 2. The molecule has 28 heavy (non-hydrogen) atoms. The Morgan fingerprint density at radius 1 is 0.893 bits per heavy atom. The highest BCUT2D eigenvalue weighted by molar-refractivity contribution is 7.92. The Balaban J connectivity index is 1.77. The van der Waals surface area contributed by atoms with Crippen molar-refractivity contribution < 1.29 is 13.2 Å². The Morgan fingerprint density at radius 3 is 2.25 bits per heavy atom. The van der Waals surface area contributed by atoms with Crippen molar-refractivity contribution in [3.8, 4) is 0 Å². The minimum absolute atomic E-state index is 0.0353. The van der Waals surface area contributed by atoms with Crippen molar-refractivity contribution in [2.24, 2.45) is 0 Å². The molecule has 5 nitrogen and oxygen atoms in total. The molecule has 3 aromatic rings. The number of nitrogens with one attached hydrogen (secondary N) is 2. The third kappa shape index (κ3) is 4.78. The molecule has 144 valence electrons. The van der Waals surface area contributed by atoms with Crippen LogP contribution in [0.1, 0.15) is 34.5 Å². The smallest absolute Gasteiger partial charge is 0.261 e. The lowest BCUT2D eigenvalue weighted by Gasteiger charge is -2.15. The molecule has 0 spiro atoms. The van der Waals surface area contributed by atoms with Gasteiger partial charge in [-0.15, -0.1) is 0 Å². The molecule has 0 aromatic heterocycles. The first kappa shape index (κ1) is 19.6. The fourth-order valence-corrected chi connectivity index (χ4v) is 3.85. The molecule has 1 amide bonds. The van der Waals surface area contributed by atoms with Gasteiger partial charge < -0.3 is 5.32 Å². The molecular formula is C22H22N2O3S. The van der Waals surface area contributed by atoms with Crippen LogP contribution in [0.15, 0.2) is 83.8 Å². The minimum Gasteiger partial charge on any atom is -0.346 e. The van der Waals surface area contributed by atoms with Gasteiger partial charge in [0.2, 0.25) is 0 Å². The van der Waals surface area contributed by atoms with Crippen LogP contribution in [-0.4, -0.2) is 14.3 Å². The molecule has 0 saturated carbocycles. The molecule has 0 radical (unpaired) electrons. The first-order valence-corrected chi connectivity index (χ1v) is 10.4. The van der Waals surface area contributed by atoms with Crippen LogP contribution < -0.4 is 10.0 Å². The largest absolute Gasteiger partial charge is 0.346 e. The van der Waals surface area contributed by atoms with Gasteiger partial charge >= 0.3 is 0 Å². The van der Waals surface area contributed by atoms with E-state index in [4.69, 9.17) is 0 Å². The average Bonchev–Trinajstić information content (AvgIpc) is 2.70. The third-order valence-electron chi connectivity index (χ3n) is 4.36. The van der Waals surface area contributed by atoms with E-state index in [0.717, 1.165) is 11.1 Å². The van der Waals surface area contributed by atoms with Gasteiger partial charge in [-0.3, -0.25) is 9.52 Å². The van der Waals surface area contributed by atoms with Gasteiger partial charge in [0.1, 0.15) is 0 Å². The molecule has 0 aliphatic carbocycles. The molecule has 0 aliphatic heterocycles. The van der Waals surface area contributed by atoms with Gasteiger partial charge in [-0.25, -0.2) is 8.42 Å². The first-order valence-electron chi connectivity index (χ1n) is 8.90. The normalized spacial score (nSPS) is 12.2. The molecule has 0 fully saturated rings. The SMILES string of the molecule is Cc1ccc(NS(=O)(=O)c2cccc(C(=O)NC(C)c3ccccc3)c2)cc1. The molecule has 0 bridgehead atoms. The van der Waals surface area contributed by atoms with Crippen molar-refractivity contribution in [2.75, 3.05) is 4.72 Å². The van der Waals surface area contributed by atoms with E-state index in [2.05, 4.69) is 10.0 Å². The maximum absolute atomic E-state index is 12.7.